The van der Waals surface area contributed by atoms with Gasteiger partial charge in [0.25, 0.3) is 5.91 Å². The summed E-state index contributed by atoms with van der Waals surface area (Å²) in [5.41, 5.74) is 3.66. The van der Waals surface area contributed by atoms with Gasteiger partial charge in [0.15, 0.2) is 12.1 Å². The van der Waals surface area contributed by atoms with E-state index in [4.69, 9.17) is 9.47 Å². The fourth-order valence-electron chi connectivity index (χ4n) is 3.61. The Hall–Kier alpha value is -4.01. The van der Waals surface area contributed by atoms with Gasteiger partial charge in [0, 0.05) is 32.5 Å². The molecule has 0 bridgehead atoms. The third-order valence-corrected chi connectivity index (χ3v) is 5.49. The highest BCUT2D eigenvalue weighted by Crippen LogP contribution is 2.33. The molecule has 3 aromatic rings. The van der Waals surface area contributed by atoms with Crippen molar-refractivity contribution in [1.82, 2.24) is 19.7 Å². The number of ether oxygens (including phenoxy) is 2. The van der Waals surface area contributed by atoms with Crippen molar-refractivity contribution in [1.29, 1.82) is 5.26 Å². The largest absolute Gasteiger partial charge is 0.356 e. The van der Waals surface area contributed by atoms with Crippen LogP contribution in [0.5, 0.6) is 0 Å². The highest BCUT2D eigenvalue weighted by molar-refractivity contribution is 6.02. The van der Waals surface area contributed by atoms with E-state index >= 15 is 0 Å². The van der Waals surface area contributed by atoms with Crippen LogP contribution in [0.3, 0.4) is 0 Å². The normalized spacial score (nSPS) is 15.9. The molecule has 4 rings (SSSR count). The van der Waals surface area contributed by atoms with E-state index in [1.807, 2.05) is 31.3 Å². The van der Waals surface area contributed by atoms with Crippen molar-refractivity contribution in [2.45, 2.75) is 39.5 Å². The summed E-state index contributed by atoms with van der Waals surface area (Å²) in [5.74, 6) is 0.656. The van der Waals surface area contributed by atoms with Crippen molar-refractivity contribution in [3.63, 3.8) is 0 Å². The SMILES string of the molecule is COC(C)OC1C(=O)Nc2c(C)nc(NCc3cnn(Cc4ccccc4C#N)c3)nc2N1C. The summed E-state index contributed by atoms with van der Waals surface area (Å²) >= 11 is 0. The van der Waals surface area contributed by atoms with E-state index in [1.54, 1.807) is 35.8 Å². The van der Waals surface area contributed by atoms with Gasteiger partial charge in [-0.25, -0.2) is 4.98 Å². The third-order valence-electron chi connectivity index (χ3n) is 5.49. The van der Waals surface area contributed by atoms with Crippen LogP contribution < -0.4 is 15.5 Å². The number of carbonyl (C=O) groups is 1. The first-order valence-electron chi connectivity index (χ1n) is 10.7. The van der Waals surface area contributed by atoms with Crippen molar-refractivity contribution < 1.29 is 14.3 Å². The van der Waals surface area contributed by atoms with Gasteiger partial charge in [0.1, 0.15) is 5.69 Å². The van der Waals surface area contributed by atoms with Gasteiger partial charge in [-0.05, 0) is 25.5 Å². The van der Waals surface area contributed by atoms with E-state index in [1.165, 1.54) is 7.11 Å². The van der Waals surface area contributed by atoms with Crippen molar-refractivity contribution in [2.24, 2.45) is 0 Å². The zero-order valence-corrected chi connectivity index (χ0v) is 19.4. The second kappa shape index (κ2) is 9.86. The Labute approximate surface area is 197 Å². The monoisotopic (exact) mass is 462 g/mol. The molecule has 11 nitrogen and oxygen atoms in total. The molecule has 0 saturated heterocycles. The Kier molecular flexibility index (Phi) is 6.72. The minimum absolute atomic E-state index is 0.309. The van der Waals surface area contributed by atoms with Crippen LogP contribution >= 0.6 is 0 Å². The van der Waals surface area contributed by atoms with Gasteiger partial charge in [-0.2, -0.15) is 15.3 Å². The number of nitriles is 1. The zero-order chi connectivity index (χ0) is 24.2. The number of hydrogen-bond donors (Lipinski definition) is 2. The lowest BCUT2D eigenvalue weighted by molar-refractivity contribution is -0.160. The number of amides is 1. The van der Waals surface area contributed by atoms with Crippen molar-refractivity contribution in [3.8, 4) is 6.07 Å². The highest BCUT2D eigenvalue weighted by atomic mass is 16.7. The lowest BCUT2D eigenvalue weighted by Gasteiger charge is -2.35. The summed E-state index contributed by atoms with van der Waals surface area (Å²) in [6, 6.07) is 9.67. The minimum Gasteiger partial charge on any atom is -0.356 e. The molecule has 0 fully saturated rings. The van der Waals surface area contributed by atoms with Crippen LogP contribution in [0.25, 0.3) is 0 Å². The molecule has 1 aliphatic heterocycles. The Morgan fingerprint density at radius 2 is 2.12 bits per heavy atom. The molecular formula is C23H26N8O3. The number of aryl methyl sites for hydroxylation is 1. The van der Waals surface area contributed by atoms with Crippen LogP contribution in [-0.4, -0.2) is 52.3 Å². The molecule has 2 atom stereocenters. The molecular weight excluding hydrogens is 436 g/mol. The molecule has 1 aliphatic rings. The molecule has 2 aromatic heterocycles. The Morgan fingerprint density at radius 1 is 1.32 bits per heavy atom. The van der Waals surface area contributed by atoms with Crippen molar-refractivity contribution in [2.75, 3.05) is 29.7 Å². The molecule has 176 valence electrons. The summed E-state index contributed by atoms with van der Waals surface area (Å²) in [6.07, 6.45) is 2.24. The summed E-state index contributed by atoms with van der Waals surface area (Å²) < 4.78 is 12.6. The number of likely N-dealkylation sites (N-methyl/N-ethyl adjacent to an activating group) is 1. The van der Waals surface area contributed by atoms with Gasteiger partial charge >= 0.3 is 0 Å². The molecule has 0 saturated carbocycles. The van der Waals surface area contributed by atoms with Crippen LogP contribution in [0.2, 0.25) is 0 Å². The van der Waals surface area contributed by atoms with E-state index in [9.17, 15) is 10.1 Å². The van der Waals surface area contributed by atoms with Crippen molar-refractivity contribution in [3.05, 3.63) is 59.0 Å². The van der Waals surface area contributed by atoms with Gasteiger partial charge in [-0.15, -0.1) is 0 Å². The highest BCUT2D eigenvalue weighted by Gasteiger charge is 2.35. The van der Waals surface area contributed by atoms with Gasteiger partial charge in [-0.1, -0.05) is 18.2 Å². The Bertz CT molecular complexity index is 1240. The number of anilines is 3. The van der Waals surface area contributed by atoms with E-state index < -0.39 is 12.5 Å². The summed E-state index contributed by atoms with van der Waals surface area (Å²) in [5, 5.41) is 19.7. The van der Waals surface area contributed by atoms with Crippen LogP contribution in [0, 0.1) is 18.3 Å². The average molecular weight is 463 g/mol. The number of hydrogen-bond acceptors (Lipinski definition) is 9. The molecule has 3 heterocycles. The minimum atomic E-state index is -0.876. The number of benzene rings is 1. The maximum Gasteiger partial charge on any atom is 0.274 e. The van der Waals surface area contributed by atoms with E-state index in [0.29, 0.717) is 41.8 Å². The molecule has 11 heteroatoms. The van der Waals surface area contributed by atoms with Crippen LogP contribution in [0.1, 0.15) is 29.3 Å². The summed E-state index contributed by atoms with van der Waals surface area (Å²) in [6.45, 7) is 4.48. The average Bonchev–Trinajstić information content (AvgIpc) is 3.28. The molecule has 1 amide bonds. The lowest BCUT2D eigenvalue weighted by Crippen LogP contribution is -2.50. The van der Waals surface area contributed by atoms with E-state index in [-0.39, 0.29) is 5.91 Å². The summed E-state index contributed by atoms with van der Waals surface area (Å²) in [4.78, 5) is 23.2. The quantitative estimate of drug-likeness (QED) is 0.484. The van der Waals surface area contributed by atoms with Crippen LogP contribution in [0.4, 0.5) is 17.5 Å². The first-order chi connectivity index (χ1) is 16.4. The predicted octanol–water partition coefficient (Wildman–Crippen LogP) is 2.24. The first-order valence-corrected chi connectivity index (χ1v) is 10.7. The number of fused-ring (bicyclic) bond motifs is 1. The molecule has 2 unspecified atom stereocenters. The van der Waals surface area contributed by atoms with Crippen molar-refractivity contribution >= 4 is 23.4 Å². The van der Waals surface area contributed by atoms with Gasteiger partial charge < -0.3 is 25.0 Å². The predicted molar refractivity (Wildman–Crippen MR) is 125 cm³/mol. The number of aromatic nitrogens is 4. The van der Waals surface area contributed by atoms with Crippen LogP contribution in [0.15, 0.2) is 36.7 Å². The van der Waals surface area contributed by atoms with Gasteiger partial charge in [0.05, 0.1) is 30.1 Å². The Morgan fingerprint density at radius 3 is 2.88 bits per heavy atom. The number of methoxy groups -OCH3 is 1. The maximum absolute atomic E-state index is 12.5. The topological polar surface area (TPSA) is 130 Å². The lowest BCUT2D eigenvalue weighted by atomic mass is 10.1. The zero-order valence-electron chi connectivity index (χ0n) is 19.4. The Balaban J connectivity index is 1.46. The molecule has 0 spiro atoms. The maximum atomic E-state index is 12.5. The first kappa shape index (κ1) is 23.2. The standard InChI is InChI=1S/C23H26N8O3/c1-14-19-20(30(3)22(21(32)28-19)34-15(2)33-4)29-23(27-14)25-10-16-11-26-31(12-16)13-18-8-6-5-7-17(18)9-24/h5-8,11-12,15,22H,10,13H2,1-4H3,(H,28,32)(H,25,27,29). The molecule has 0 radical (unpaired) electrons. The molecule has 34 heavy (non-hydrogen) atoms. The number of nitrogens with one attached hydrogen (secondary N) is 2. The number of carbonyl (C=O) groups excluding carboxylic acids is 1. The molecule has 1 aromatic carbocycles. The second-order valence-electron chi connectivity index (χ2n) is 7.89. The second-order valence-corrected chi connectivity index (χ2v) is 7.89. The van der Waals surface area contributed by atoms with E-state index in [0.717, 1.165) is 11.1 Å². The summed E-state index contributed by atoms with van der Waals surface area (Å²) in [7, 11) is 3.25. The molecule has 2 N–H and O–H groups in total. The molecule has 0 aliphatic carbocycles. The number of rotatable bonds is 8. The number of nitrogens with zero attached hydrogens (tertiary/aromatic N) is 6. The van der Waals surface area contributed by atoms with E-state index in [2.05, 4.69) is 31.8 Å². The van der Waals surface area contributed by atoms with Crippen LogP contribution in [-0.2, 0) is 27.4 Å². The smallest absolute Gasteiger partial charge is 0.274 e. The van der Waals surface area contributed by atoms with Gasteiger partial charge in [0.2, 0.25) is 12.2 Å². The third kappa shape index (κ3) is 4.83. The fraction of sp³-hybridized carbons (Fsp3) is 0.348. The van der Waals surface area contributed by atoms with Gasteiger partial charge in [-0.3, -0.25) is 9.48 Å². The fourth-order valence-corrected chi connectivity index (χ4v) is 3.61.